The SMILES string of the molecule is O=C1[C@H]2[C@H]3CCCN3[C@@]3(c4ccccc4-n4c3nc3ccccc3c4=O)[C@H]2C(=O)N1c1ccccc1Cl. The van der Waals surface area contributed by atoms with Gasteiger partial charge in [-0.3, -0.25) is 23.9 Å². The molecule has 1 spiro atoms. The van der Waals surface area contributed by atoms with Crippen LogP contribution in [0.2, 0.25) is 5.02 Å². The molecule has 0 aliphatic carbocycles. The highest BCUT2D eigenvalue weighted by atomic mass is 35.5. The van der Waals surface area contributed by atoms with Crippen molar-refractivity contribution in [3.63, 3.8) is 0 Å². The van der Waals surface area contributed by atoms with E-state index in [1.165, 1.54) is 4.90 Å². The number of imide groups is 1. The van der Waals surface area contributed by atoms with Crippen LogP contribution < -0.4 is 10.5 Å². The average Bonchev–Trinajstić information content (AvgIpc) is 3.62. The van der Waals surface area contributed by atoms with E-state index in [0.29, 0.717) is 27.4 Å². The largest absolute Gasteiger partial charge is 0.283 e. The molecule has 37 heavy (non-hydrogen) atoms. The van der Waals surface area contributed by atoms with E-state index in [0.717, 1.165) is 30.6 Å². The Morgan fingerprint density at radius 3 is 2.43 bits per heavy atom. The third-order valence-electron chi connectivity index (χ3n) is 8.73. The van der Waals surface area contributed by atoms with Gasteiger partial charge in [-0.15, -0.1) is 0 Å². The van der Waals surface area contributed by atoms with Crippen molar-refractivity contribution in [1.29, 1.82) is 0 Å². The molecule has 3 aromatic carbocycles. The van der Waals surface area contributed by atoms with Gasteiger partial charge in [-0.25, -0.2) is 9.88 Å². The quantitative estimate of drug-likeness (QED) is 0.365. The van der Waals surface area contributed by atoms with Crippen LogP contribution in [0.3, 0.4) is 0 Å². The molecule has 0 saturated carbocycles. The summed E-state index contributed by atoms with van der Waals surface area (Å²) in [6.45, 7) is 0.724. The van der Waals surface area contributed by atoms with Crippen molar-refractivity contribution in [1.82, 2.24) is 14.5 Å². The Kier molecular flexibility index (Phi) is 4.11. The van der Waals surface area contributed by atoms with Crippen LogP contribution >= 0.6 is 11.6 Å². The molecule has 4 aliphatic rings. The zero-order chi connectivity index (χ0) is 25.1. The second kappa shape index (κ2) is 7.15. The number of hydrogen-bond donors (Lipinski definition) is 0. The zero-order valence-electron chi connectivity index (χ0n) is 19.7. The summed E-state index contributed by atoms with van der Waals surface area (Å²) in [7, 11) is 0. The predicted molar refractivity (Wildman–Crippen MR) is 139 cm³/mol. The fourth-order valence-corrected chi connectivity index (χ4v) is 7.70. The lowest BCUT2D eigenvalue weighted by atomic mass is 9.75. The first-order valence-corrected chi connectivity index (χ1v) is 12.9. The van der Waals surface area contributed by atoms with Gasteiger partial charge in [0, 0.05) is 11.6 Å². The Bertz CT molecular complexity index is 1750. The Morgan fingerprint density at radius 1 is 0.865 bits per heavy atom. The number of rotatable bonds is 1. The summed E-state index contributed by atoms with van der Waals surface area (Å²) in [5, 5.41) is 0.881. The van der Waals surface area contributed by atoms with Crippen LogP contribution in [0.25, 0.3) is 16.6 Å². The molecule has 5 heterocycles. The van der Waals surface area contributed by atoms with E-state index in [2.05, 4.69) is 4.90 Å². The van der Waals surface area contributed by atoms with Crippen molar-refractivity contribution in [2.75, 3.05) is 11.4 Å². The van der Waals surface area contributed by atoms with Crippen LogP contribution in [0.15, 0.2) is 77.6 Å². The first-order valence-electron chi connectivity index (χ1n) is 12.6. The van der Waals surface area contributed by atoms with Crippen molar-refractivity contribution in [3.8, 4) is 5.69 Å². The minimum atomic E-state index is -1.02. The summed E-state index contributed by atoms with van der Waals surface area (Å²) in [4.78, 5) is 51.0. The third kappa shape index (κ3) is 2.37. The Morgan fingerprint density at radius 2 is 1.59 bits per heavy atom. The molecule has 0 radical (unpaired) electrons. The number of amides is 2. The number of anilines is 1. The molecule has 1 aromatic heterocycles. The number of benzene rings is 3. The highest BCUT2D eigenvalue weighted by Gasteiger charge is 2.73. The van der Waals surface area contributed by atoms with Crippen LogP contribution in [0.1, 0.15) is 24.2 Å². The minimum Gasteiger partial charge on any atom is -0.283 e. The lowest BCUT2D eigenvalue weighted by Crippen LogP contribution is -2.51. The number of halogens is 1. The van der Waals surface area contributed by atoms with Gasteiger partial charge >= 0.3 is 0 Å². The fourth-order valence-electron chi connectivity index (χ4n) is 7.48. The molecule has 182 valence electrons. The fraction of sp³-hybridized carbons (Fsp3) is 0.241. The minimum absolute atomic E-state index is 0.128. The second-order valence-electron chi connectivity index (χ2n) is 10.2. The van der Waals surface area contributed by atoms with Crippen LogP contribution in [-0.4, -0.2) is 38.9 Å². The number of hydrogen-bond acceptors (Lipinski definition) is 5. The molecule has 0 unspecified atom stereocenters. The van der Waals surface area contributed by atoms with Crippen molar-refractivity contribution in [3.05, 3.63) is 99.6 Å². The van der Waals surface area contributed by atoms with Crippen LogP contribution in [0.4, 0.5) is 5.69 Å². The summed E-state index contributed by atoms with van der Waals surface area (Å²) >= 11 is 6.49. The standard InChI is InChI=1S/C29H21ClN4O3/c30-18-10-3-6-13-21(18)33-26(36)23-22-14-7-15-32(22)29(24(23)27(33)37)17-9-2-5-12-20(17)34-25(35)16-8-1-4-11-19(16)31-28(29)34/h1-6,8-13,22-24H,7,14-15H2/t22-,23+,24-,29+/m1/s1. The molecule has 4 aromatic rings. The van der Waals surface area contributed by atoms with E-state index in [1.54, 1.807) is 34.9 Å². The van der Waals surface area contributed by atoms with Gasteiger partial charge in [-0.2, -0.15) is 0 Å². The van der Waals surface area contributed by atoms with Crippen molar-refractivity contribution in [2.45, 2.75) is 24.4 Å². The van der Waals surface area contributed by atoms with Crippen molar-refractivity contribution in [2.24, 2.45) is 11.8 Å². The van der Waals surface area contributed by atoms with Gasteiger partial charge in [-0.1, -0.05) is 54.1 Å². The third-order valence-corrected chi connectivity index (χ3v) is 9.05. The first kappa shape index (κ1) is 21.3. The molecule has 2 amide bonds. The van der Waals surface area contributed by atoms with Crippen molar-refractivity contribution >= 4 is 40.0 Å². The van der Waals surface area contributed by atoms with Crippen LogP contribution in [0, 0.1) is 11.8 Å². The molecule has 0 bridgehead atoms. The predicted octanol–water partition coefficient (Wildman–Crippen LogP) is 3.88. The number of carbonyl (C=O) groups is 2. The molecule has 7 nitrogen and oxygen atoms in total. The summed E-state index contributed by atoms with van der Waals surface area (Å²) in [6, 6.07) is 21.9. The van der Waals surface area contributed by atoms with E-state index in [-0.39, 0.29) is 23.4 Å². The molecule has 8 rings (SSSR count). The zero-order valence-corrected chi connectivity index (χ0v) is 20.4. The Hall–Kier alpha value is -3.81. The monoisotopic (exact) mass is 508 g/mol. The first-order chi connectivity index (χ1) is 18.0. The van der Waals surface area contributed by atoms with Gasteiger partial charge in [0.2, 0.25) is 11.8 Å². The van der Waals surface area contributed by atoms with Crippen LogP contribution in [0.5, 0.6) is 0 Å². The van der Waals surface area contributed by atoms with E-state index in [9.17, 15) is 14.4 Å². The smallest absolute Gasteiger partial charge is 0.266 e. The van der Waals surface area contributed by atoms with E-state index in [1.807, 2.05) is 42.5 Å². The Balaban J connectivity index is 1.46. The molecule has 0 N–H and O–H groups in total. The molecular weight excluding hydrogens is 488 g/mol. The number of carbonyl (C=O) groups excluding carboxylic acids is 2. The maximum Gasteiger partial charge on any atom is 0.266 e. The molecular formula is C29H21ClN4O3. The lowest BCUT2D eigenvalue weighted by Gasteiger charge is -2.38. The average molecular weight is 509 g/mol. The number of para-hydroxylation sites is 3. The topological polar surface area (TPSA) is 75.5 Å². The lowest BCUT2D eigenvalue weighted by molar-refractivity contribution is -0.124. The normalized spacial score (nSPS) is 27.7. The van der Waals surface area contributed by atoms with Gasteiger partial charge < -0.3 is 0 Å². The molecule has 4 aliphatic heterocycles. The highest BCUT2D eigenvalue weighted by molar-refractivity contribution is 6.36. The number of nitrogens with zero attached hydrogens (tertiary/aromatic N) is 4. The van der Waals surface area contributed by atoms with E-state index >= 15 is 0 Å². The number of aromatic nitrogens is 2. The molecule has 4 atom stereocenters. The summed E-state index contributed by atoms with van der Waals surface area (Å²) in [6.07, 6.45) is 1.71. The molecule has 3 saturated heterocycles. The highest BCUT2D eigenvalue weighted by Crippen LogP contribution is 2.62. The maximum absolute atomic E-state index is 14.4. The molecule has 3 fully saturated rings. The molecule has 8 heteroatoms. The van der Waals surface area contributed by atoms with Crippen LogP contribution in [-0.2, 0) is 15.1 Å². The van der Waals surface area contributed by atoms with Gasteiger partial charge in [-0.05, 0) is 49.7 Å². The summed E-state index contributed by atoms with van der Waals surface area (Å²) in [5.41, 5.74) is 1.39. The van der Waals surface area contributed by atoms with E-state index < -0.39 is 17.4 Å². The van der Waals surface area contributed by atoms with Crippen molar-refractivity contribution < 1.29 is 9.59 Å². The second-order valence-corrected chi connectivity index (χ2v) is 10.7. The number of fused-ring (bicyclic) bond motifs is 11. The van der Waals surface area contributed by atoms with E-state index in [4.69, 9.17) is 16.6 Å². The summed E-state index contributed by atoms with van der Waals surface area (Å²) < 4.78 is 1.67. The Labute approximate surface area is 216 Å². The van der Waals surface area contributed by atoms with Gasteiger partial charge in [0.1, 0.15) is 11.4 Å². The van der Waals surface area contributed by atoms with Gasteiger partial charge in [0.05, 0.1) is 39.1 Å². The van der Waals surface area contributed by atoms with Gasteiger partial charge in [0.25, 0.3) is 5.56 Å². The summed E-state index contributed by atoms with van der Waals surface area (Å²) in [5.74, 6) is -1.25. The maximum atomic E-state index is 14.4. The van der Waals surface area contributed by atoms with Gasteiger partial charge in [0.15, 0.2) is 0 Å².